The summed E-state index contributed by atoms with van der Waals surface area (Å²) in [6, 6.07) is 3.43. The maximum atomic E-state index is 6.08. The second kappa shape index (κ2) is 8.78. The Morgan fingerprint density at radius 1 is 1.17 bits per heavy atom. The number of hydrogen-bond acceptors (Lipinski definition) is 2. The van der Waals surface area contributed by atoms with Gasteiger partial charge in [0.2, 0.25) is 0 Å². The summed E-state index contributed by atoms with van der Waals surface area (Å²) in [7, 11) is 0. The summed E-state index contributed by atoms with van der Waals surface area (Å²) in [5, 5.41) is 4.84. The lowest BCUT2D eigenvalue weighted by Crippen LogP contribution is -2.19. The van der Waals surface area contributed by atoms with E-state index >= 15 is 0 Å². The molecule has 0 radical (unpaired) electrons. The Labute approximate surface area is 123 Å². The molecule has 1 rings (SSSR count). The summed E-state index contributed by atoms with van der Waals surface area (Å²) in [6.07, 6.45) is 2.70. The van der Waals surface area contributed by atoms with Crippen LogP contribution in [0.15, 0.2) is 24.8 Å². The molecule has 0 aromatic heterocycles. The van der Waals surface area contributed by atoms with Crippen molar-refractivity contribution in [1.82, 2.24) is 5.32 Å². The van der Waals surface area contributed by atoms with E-state index in [9.17, 15) is 0 Å². The molecule has 0 amide bonds. The van der Waals surface area contributed by atoms with Gasteiger partial charge in [-0.15, -0.1) is 6.58 Å². The van der Waals surface area contributed by atoms with Crippen molar-refractivity contribution >= 4 is 34.8 Å². The van der Waals surface area contributed by atoms with E-state index in [1.807, 2.05) is 6.08 Å². The van der Waals surface area contributed by atoms with Gasteiger partial charge in [0.05, 0.1) is 23.3 Å². The van der Waals surface area contributed by atoms with Crippen LogP contribution in [0.1, 0.15) is 12.0 Å². The molecule has 0 aliphatic rings. The van der Waals surface area contributed by atoms with Crippen molar-refractivity contribution < 1.29 is 4.74 Å². The average Bonchev–Trinajstić information content (AvgIpc) is 2.36. The first-order valence-corrected chi connectivity index (χ1v) is 6.82. The third kappa shape index (κ3) is 5.17. The van der Waals surface area contributed by atoms with Gasteiger partial charge in [0.15, 0.2) is 0 Å². The maximum Gasteiger partial charge on any atom is 0.0652 e. The first-order valence-electron chi connectivity index (χ1n) is 5.68. The highest BCUT2D eigenvalue weighted by atomic mass is 35.5. The van der Waals surface area contributed by atoms with Gasteiger partial charge in [-0.3, -0.25) is 0 Å². The van der Waals surface area contributed by atoms with E-state index in [0.29, 0.717) is 34.8 Å². The van der Waals surface area contributed by atoms with Gasteiger partial charge in [0, 0.05) is 23.7 Å². The highest BCUT2D eigenvalue weighted by Crippen LogP contribution is 2.31. The summed E-state index contributed by atoms with van der Waals surface area (Å²) in [4.78, 5) is 0. The highest BCUT2D eigenvalue weighted by Gasteiger charge is 2.08. The molecule has 0 aliphatic heterocycles. The second-order valence-electron chi connectivity index (χ2n) is 3.69. The molecule has 1 aromatic rings. The summed E-state index contributed by atoms with van der Waals surface area (Å²) in [5.41, 5.74) is 0.817. The molecular weight excluding hydrogens is 293 g/mol. The van der Waals surface area contributed by atoms with E-state index in [-0.39, 0.29) is 0 Å². The van der Waals surface area contributed by atoms with Crippen molar-refractivity contribution in [2.75, 3.05) is 19.8 Å². The molecule has 1 aromatic carbocycles. The van der Waals surface area contributed by atoms with E-state index in [4.69, 9.17) is 39.5 Å². The van der Waals surface area contributed by atoms with E-state index in [0.717, 1.165) is 18.5 Å². The first-order chi connectivity index (χ1) is 8.66. The van der Waals surface area contributed by atoms with Crippen molar-refractivity contribution in [3.63, 3.8) is 0 Å². The molecule has 2 nitrogen and oxygen atoms in total. The highest BCUT2D eigenvalue weighted by molar-refractivity contribution is 6.44. The van der Waals surface area contributed by atoms with E-state index in [2.05, 4.69) is 11.9 Å². The van der Waals surface area contributed by atoms with Crippen LogP contribution in [0, 0.1) is 0 Å². The first kappa shape index (κ1) is 15.8. The van der Waals surface area contributed by atoms with E-state index in [1.165, 1.54) is 0 Å². The van der Waals surface area contributed by atoms with Gasteiger partial charge in [-0.1, -0.05) is 40.9 Å². The molecule has 0 unspecified atom stereocenters. The smallest absolute Gasteiger partial charge is 0.0652 e. The van der Waals surface area contributed by atoms with Crippen molar-refractivity contribution in [1.29, 1.82) is 0 Å². The number of hydrogen-bond donors (Lipinski definition) is 1. The van der Waals surface area contributed by atoms with Crippen LogP contribution in [0.5, 0.6) is 0 Å². The number of benzene rings is 1. The SMILES string of the molecule is C=CCCOCCNCc1c(Cl)ccc(Cl)c1Cl. The Bertz CT molecular complexity index is 396. The van der Waals surface area contributed by atoms with Crippen LogP contribution in [0.4, 0.5) is 0 Å². The average molecular weight is 309 g/mol. The Hall–Kier alpha value is -0.250. The Morgan fingerprint density at radius 3 is 2.61 bits per heavy atom. The fourth-order valence-electron chi connectivity index (χ4n) is 1.36. The zero-order valence-corrected chi connectivity index (χ0v) is 12.3. The molecule has 1 N–H and O–H groups in total. The Balaban J connectivity index is 2.31. The van der Waals surface area contributed by atoms with Gasteiger partial charge in [0.25, 0.3) is 0 Å². The molecule has 0 aliphatic carbocycles. The third-order valence-electron chi connectivity index (χ3n) is 2.33. The molecule has 5 heteroatoms. The molecule has 18 heavy (non-hydrogen) atoms. The minimum atomic E-state index is 0.504. The zero-order valence-electron chi connectivity index (χ0n) is 10.0. The second-order valence-corrected chi connectivity index (χ2v) is 4.88. The van der Waals surface area contributed by atoms with Crippen molar-refractivity contribution in [2.45, 2.75) is 13.0 Å². The summed E-state index contributed by atoms with van der Waals surface area (Å²) >= 11 is 18.1. The van der Waals surface area contributed by atoms with Gasteiger partial charge in [0.1, 0.15) is 0 Å². The summed E-state index contributed by atoms with van der Waals surface area (Å²) < 4.78 is 5.37. The van der Waals surface area contributed by atoms with Gasteiger partial charge >= 0.3 is 0 Å². The molecule has 100 valence electrons. The van der Waals surface area contributed by atoms with Crippen LogP contribution < -0.4 is 5.32 Å². The standard InChI is InChI=1S/C13H16Cl3NO/c1-2-3-7-18-8-6-17-9-10-11(14)4-5-12(15)13(10)16/h2,4-5,17H,1,3,6-9H2. The van der Waals surface area contributed by atoms with Crippen LogP contribution in [0.3, 0.4) is 0 Å². The normalized spacial score (nSPS) is 10.6. The molecule has 0 saturated carbocycles. The quantitative estimate of drug-likeness (QED) is 0.438. The molecule has 0 heterocycles. The Morgan fingerprint density at radius 2 is 1.89 bits per heavy atom. The van der Waals surface area contributed by atoms with Crippen LogP contribution in [-0.2, 0) is 11.3 Å². The minimum absolute atomic E-state index is 0.504. The fourth-order valence-corrected chi connectivity index (χ4v) is 2.04. The van der Waals surface area contributed by atoms with Crippen LogP contribution in [0.2, 0.25) is 15.1 Å². The summed E-state index contributed by atoms with van der Waals surface area (Å²) in [6.45, 7) is 6.27. The number of ether oxygens (including phenoxy) is 1. The molecule has 0 spiro atoms. The largest absolute Gasteiger partial charge is 0.380 e. The molecule has 0 atom stereocenters. The zero-order chi connectivity index (χ0) is 13.4. The van der Waals surface area contributed by atoms with E-state index in [1.54, 1.807) is 12.1 Å². The number of nitrogens with one attached hydrogen (secondary N) is 1. The summed E-state index contributed by atoms with van der Waals surface area (Å²) in [5.74, 6) is 0. The lowest BCUT2D eigenvalue weighted by molar-refractivity contribution is 0.140. The predicted molar refractivity (Wildman–Crippen MR) is 78.8 cm³/mol. The molecule has 0 bridgehead atoms. The lowest BCUT2D eigenvalue weighted by atomic mass is 10.2. The monoisotopic (exact) mass is 307 g/mol. The lowest BCUT2D eigenvalue weighted by Gasteiger charge is -2.10. The predicted octanol–water partition coefficient (Wildman–Crippen LogP) is 4.33. The van der Waals surface area contributed by atoms with Crippen LogP contribution >= 0.6 is 34.8 Å². The van der Waals surface area contributed by atoms with Crippen molar-refractivity contribution in [3.05, 3.63) is 45.4 Å². The van der Waals surface area contributed by atoms with Gasteiger partial charge in [-0.2, -0.15) is 0 Å². The third-order valence-corrected chi connectivity index (χ3v) is 3.53. The van der Waals surface area contributed by atoms with E-state index < -0.39 is 0 Å². The minimum Gasteiger partial charge on any atom is -0.380 e. The maximum absolute atomic E-state index is 6.08. The van der Waals surface area contributed by atoms with Crippen molar-refractivity contribution in [3.8, 4) is 0 Å². The van der Waals surface area contributed by atoms with Gasteiger partial charge in [-0.25, -0.2) is 0 Å². The number of halogens is 3. The topological polar surface area (TPSA) is 21.3 Å². The molecule has 0 fully saturated rings. The molecular formula is C13H16Cl3NO. The van der Waals surface area contributed by atoms with Gasteiger partial charge in [-0.05, 0) is 18.6 Å². The van der Waals surface area contributed by atoms with Crippen LogP contribution in [-0.4, -0.2) is 19.8 Å². The van der Waals surface area contributed by atoms with Crippen LogP contribution in [0.25, 0.3) is 0 Å². The number of rotatable bonds is 8. The fraction of sp³-hybridized carbons (Fsp3) is 0.385. The van der Waals surface area contributed by atoms with Crippen molar-refractivity contribution in [2.24, 2.45) is 0 Å². The Kier molecular flexibility index (Phi) is 7.71. The van der Waals surface area contributed by atoms with Gasteiger partial charge < -0.3 is 10.1 Å². The molecule has 0 saturated heterocycles.